The molecule has 1 atom stereocenters. The van der Waals surface area contributed by atoms with Crippen molar-refractivity contribution in [1.82, 2.24) is 0 Å². The minimum Gasteiger partial charge on any atom is -0.310 e. The third kappa shape index (κ3) is 5.87. The number of nitrogens with zero attached hydrogens (tertiary/aromatic N) is 2. The molecule has 3 heteroatoms. The standard InChI is InChI=1S/C63H42N2S/c1-5-19-43(20-6-1)44-33-35-48(36-34-44)65(59-31-17-14-27-51(59)45-21-7-2-8-22-45)50-38-40-54-58(42-50)63(61-55-29-15-18-32-60(55)66-62(54)61)56-30-16-13-28-52(56)53-39-37-49(41-57(53)63)64(46-23-9-3-10-24-46)47-25-11-4-12-26-47/h1-42H. The van der Waals surface area contributed by atoms with E-state index in [-0.39, 0.29) is 0 Å². The van der Waals surface area contributed by atoms with E-state index in [4.69, 9.17) is 0 Å². The first kappa shape index (κ1) is 38.2. The summed E-state index contributed by atoms with van der Waals surface area (Å²) in [4.78, 5) is 6.22. The highest BCUT2D eigenvalue weighted by Gasteiger charge is 2.54. The number of fused-ring (bicyclic) bond motifs is 12. The van der Waals surface area contributed by atoms with Crippen molar-refractivity contribution in [2.24, 2.45) is 0 Å². The molecule has 11 aromatic rings. The second-order valence-corrected chi connectivity index (χ2v) is 18.2. The largest absolute Gasteiger partial charge is 0.310 e. The predicted molar refractivity (Wildman–Crippen MR) is 278 cm³/mol. The van der Waals surface area contributed by atoms with Crippen molar-refractivity contribution in [3.05, 3.63) is 277 Å². The zero-order valence-corrected chi connectivity index (χ0v) is 36.9. The molecule has 0 saturated carbocycles. The van der Waals surface area contributed by atoms with Crippen LogP contribution in [0.4, 0.5) is 34.1 Å². The van der Waals surface area contributed by atoms with Crippen LogP contribution >= 0.6 is 11.3 Å². The van der Waals surface area contributed by atoms with Crippen molar-refractivity contribution in [3.63, 3.8) is 0 Å². The van der Waals surface area contributed by atoms with Gasteiger partial charge in [-0.05, 0) is 134 Å². The Morgan fingerprint density at radius 2 is 0.773 bits per heavy atom. The zero-order chi connectivity index (χ0) is 43.6. The first-order valence-electron chi connectivity index (χ1n) is 22.7. The van der Waals surface area contributed by atoms with E-state index in [1.807, 2.05) is 11.3 Å². The highest BCUT2D eigenvalue weighted by Crippen LogP contribution is 2.67. The predicted octanol–water partition coefficient (Wildman–Crippen LogP) is 17.5. The summed E-state index contributed by atoms with van der Waals surface area (Å²) in [6.07, 6.45) is 0. The smallest absolute Gasteiger partial charge is 0.0741 e. The Morgan fingerprint density at radius 3 is 1.47 bits per heavy atom. The first-order chi connectivity index (χ1) is 32.8. The summed E-state index contributed by atoms with van der Waals surface area (Å²) in [5.41, 5.74) is 20.0. The molecule has 0 N–H and O–H groups in total. The van der Waals surface area contributed by atoms with Crippen LogP contribution in [0, 0.1) is 0 Å². The summed E-state index contributed by atoms with van der Waals surface area (Å²) in [6.45, 7) is 0. The van der Waals surface area contributed by atoms with Crippen LogP contribution in [0.2, 0.25) is 0 Å². The van der Waals surface area contributed by atoms with Crippen molar-refractivity contribution >= 4 is 55.5 Å². The molecule has 0 amide bonds. The molecular weight excluding hydrogens is 817 g/mol. The number of anilines is 6. The van der Waals surface area contributed by atoms with Gasteiger partial charge in [-0.3, -0.25) is 0 Å². The lowest BCUT2D eigenvalue weighted by atomic mass is 9.70. The maximum Gasteiger partial charge on any atom is 0.0741 e. The van der Waals surface area contributed by atoms with E-state index >= 15 is 0 Å². The summed E-state index contributed by atoms with van der Waals surface area (Å²) in [6, 6.07) is 93.6. The molecule has 2 aliphatic rings. The number of para-hydroxylation sites is 3. The van der Waals surface area contributed by atoms with Gasteiger partial charge in [0.1, 0.15) is 0 Å². The molecule has 1 spiro atoms. The zero-order valence-electron chi connectivity index (χ0n) is 36.1. The number of thiophene rings is 1. The normalized spacial score (nSPS) is 14.1. The van der Waals surface area contributed by atoms with Gasteiger partial charge in [0.2, 0.25) is 0 Å². The molecular formula is C63H42N2S. The van der Waals surface area contributed by atoms with Crippen LogP contribution < -0.4 is 9.80 Å². The molecule has 0 bridgehead atoms. The van der Waals surface area contributed by atoms with Crippen LogP contribution in [-0.4, -0.2) is 0 Å². The van der Waals surface area contributed by atoms with E-state index in [2.05, 4.69) is 265 Å². The van der Waals surface area contributed by atoms with Crippen LogP contribution in [0.25, 0.3) is 53.9 Å². The van der Waals surface area contributed by atoms with E-state index in [1.54, 1.807) is 0 Å². The molecule has 0 aliphatic heterocycles. The quantitative estimate of drug-likeness (QED) is 0.150. The highest BCUT2D eigenvalue weighted by molar-refractivity contribution is 7.22. The molecule has 0 radical (unpaired) electrons. The average Bonchev–Trinajstić information content (AvgIpc) is 4.01. The summed E-state index contributed by atoms with van der Waals surface area (Å²) in [5, 5.41) is 1.31. The third-order valence-electron chi connectivity index (χ3n) is 13.7. The van der Waals surface area contributed by atoms with Gasteiger partial charge >= 0.3 is 0 Å². The van der Waals surface area contributed by atoms with E-state index < -0.39 is 5.41 Å². The minimum absolute atomic E-state index is 0.594. The molecule has 310 valence electrons. The minimum atomic E-state index is -0.594. The molecule has 0 saturated heterocycles. The maximum absolute atomic E-state index is 2.52. The molecule has 13 rings (SSSR count). The van der Waals surface area contributed by atoms with Gasteiger partial charge in [0, 0.05) is 43.6 Å². The van der Waals surface area contributed by atoms with Crippen molar-refractivity contribution < 1.29 is 0 Å². The Kier molecular flexibility index (Phi) is 8.97. The average molecular weight is 859 g/mol. The SMILES string of the molecule is c1ccc(-c2ccc(N(c3ccc4c(c3)C3(c5ccccc5-c5ccc(N(c6ccccc6)c6ccccc6)cc53)c3c-4sc4ccccc34)c3ccccc3-c3ccccc3)cc2)cc1. The van der Waals surface area contributed by atoms with E-state index in [9.17, 15) is 0 Å². The lowest BCUT2D eigenvalue weighted by molar-refractivity contribution is 0.802. The Labute approximate surface area is 389 Å². The molecule has 2 aliphatic carbocycles. The molecule has 1 aromatic heterocycles. The molecule has 10 aromatic carbocycles. The number of hydrogen-bond donors (Lipinski definition) is 0. The fraction of sp³-hybridized carbons (Fsp3) is 0.0159. The number of benzene rings is 10. The van der Waals surface area contributed by atoms with E-state index in [0.717, 1.165) is 34.1 Å². The van der Waals surface area contributed by atoms with Crippen molar-refractivity contribution in [2.45, 2.75) is 5.41 Å². The van der Waals surface area contributed by atoms with Crippen LogP contribution in [0.3, 0.4) is 0 Å². The molecule has 66 heavy (non-hydrogen) atoms. The Morgan fingerprint density at radius 1 is 0.303 bits per heavy atom. The second-order valence-electron chi connectivity index (χ2n) is 17.2. The Hall–Kier alpha value is -8.24. The van der Waals surface area contributed by atoms with Gasteiger partial charge in [-0.15, -0.1) is 11.3 Å². The summed E-state index contributed by atoms with van der Waals surface area (Å²) in [5.74, 6) is 0. The molecule has 2 nitrogen and oxygen atoms in total. The summed E-state index contributed by atoms with van der Waals surface area (Å²) in [7, 11) is 0. The van der Waals surface area contributed by atoms with E-state index in [1.165, 1.54) is 76.2 Å². The Bertz CT molecular complexity index is 3540. The summed E-state index contributed by atoms with van der Waals surface area (Å²) >= 11 is 1.93. The van der Waals surface area contributed by atoms with Crippen molar-refractivity contribution in [3.8, 4) is 43.8 Å². The molecule has 1 heterocycles. The van der Waals surface area contributed by atoms with Gasteiger partial charge in [-0.1, -0.05) is 182 Å². The summed E-state index contributed by atoms with van der Waals surface area (Å²) < 4.78 is 1.31. The van der Waals surface area contributed by atoms with Gasteiger partial charge in [0.05, 0.1) is 11.1 Å². The maximum atomic E-state index is 2.52. The van der Waals surface area contributed by atoms with E-state index in [0.29, 0.717) is 0 Å². The van der Waals surface area contributed by atoms with Crippen LogP contribution in [0.15, 0.2) is 255 Å². The fourth-order valence-corrected chi connectivity index (χ4v) is 12.2. The Balaban J connectivity index is 1.09. The lowest BCUT2D eigenvalue weighted by Gasteiger charge is -2.34. The fourth-order valence-electron chi connectivity index (χ4n) is 10.9. The number of rotatable bonds is 8. The van der Waals surface area contributed by atoms with Gasteiger partial charge in [-0.25, -0.2) is 0 Å². The van der Waals surface area contributed by atoms with Gasteiger partial charge in [-0.2, -0.15) is 0 Å². The third-order valence-corrected chi connectivity index (χ3v) is 14.9. The van der Waals surface area contributed by atoms with Crippen molar-refractivity contribution in [2.75, 3.05) is 9.80 Å². The monoisotopic (exact) mass is 858 g/mol. The lowest BCUT2D eigenvalue weighted by Crippen LogP contribution is -2.26. The van der Waals surface area contributed by atoms with Gasteiger partial charge in [0.25, 0.3) is 0 Å². The van der Waals surface area contributed by atoms with Gasteiger partial charge < -0.3 is 9.80 Å². The topological polar surface area (TPSA) is 6.48 Å². The first-order valence-corrected chi connectivity index (χ1v) is 23.5. The van der Waals surface area contributed by atoms with Gasteiger partial charge in [0.15, 0.2) is 0 Å². The van der Waals surface area contributed by atoms with Crippen LogP contribution in [-0.2, 0) is 5.41 Å². The second kappa shape index (κ2) is 15.5. The number of hydrogen-bond acceptors (Lipinski definition) is 3. The van der Waals surface area contributed by atoms with Crippen molar-refractivity contribution in [1.29, 1.82) is 0 Å². The van der Waals surface area contributed by atoms with Crippen LogP contribution in [0.1, 0.15) is 22.3 Å². The molecule has 1 unspecified atom stereocenters. The highest BCUT2D eigenvalue weighted by atomic mass is 32.1. The molecule has 0 fully saturated rings. The van der Waals surface area contributed by atoms with Crippen LogP contribution in [0.5, 0.6) is 0 Å².